The van der Waals surface area contributed by atoms with Gasteiger partial charge in [0.15, 0.2) is 5.50 Å². The van der Waals surface area contributed by atoms with Crippen molar-refractivity contribution in [3.8, 4) is 0 Å². The van der Waals surface area contributed by atoms with E-state index in [9.17, 15) is 30.5 Å². The van der Waals surface area contributed by atoms with E-state index in [1.807, 2.05) is 0 Å². The lowest BCUT2D eigenvalue weighted by Gasteiger charge is -2.13. The Hall–Kier alpha value is -0.410. The molecule has 1 atom stereocenters. The van der Waals surface area contributed by atoms with E-state index in [1.54, 1.807) is 0 Å². The van der Waals surface area contributed by atoms with E-state index in [4.69, 9.17) is 0 Å². The first-order valence-corrected chi connectivity index (χ1v) is 4.25. The Morgan fingerprint density at radius 1 is 1.31 bits per heavy atom. The molecule has 0 saturated carbocycles. The Balaban J connectivity index is 0. The average Bonchev–Trinajstić information content (AvgIpc) is 1.78. The van der Waals surface area contributed by atoms with Crippen molar-refractivity contribution in [3.05, 3.63) is 0 Å². The average molecular weight is 227 g/mol. The molecule has 4 N–H and O–H groups in total. The first-order valence-electron chi connectivity index (χ1n) is 2.78. The standard InChI is InChI=1S/C4H6F4O3S.H3N/c5-3(12(9,10)11)1-2-4(6,7)8;/h3H,1-2H2,(H,9,10,11);1H3. The van der Waals surface area contributed by atoms with Gasteiger partial charge in [0, 0.05) is 12.8 Å². The topological polar surface area (TPSA) is 93.7 Å². The van der Waals surface area contributed by atoms with Crippen LogP contribution in [-0.4, -0.2) is 24.7 Å². The lowest BCUT2D eigenvalue weighted by atomic mass is 10.3. The predicted molar refractivity (Wildman–Crippen MR) is 35.9 cm³/mol. The van der Waals surface area contributed by atoms with E-state index >= 15 is 0 Å². The van der Waals surface area contributed by atoms with Crippen molar-refractivity contribution in [2.24, 2.45) is 0 Å². The molecule has 0 saturated heterocycles. The highest BCUT2D eigenvalue weighted by Crippen LogP contribution is 2.24. The Labute approximate surface area is 72.3 Å². The Morgan fingerprint density at radius 3 is 1.92 bits per heavy atom. The molecule has 0 aliphatic heterocycles. The van der Waals surface area contributed by atoms with Crippen LogP contribution < -0.4 is 6.15 Å². The van der Waals surface area contributed by atoms with Gasteiger partial charge in [-0.15, -0.1) is 0 Å². The molecule has 0 aliphatic rings. The fourth-order valence-electron chi connectivity index (χ4n) is 0.421. The van der Waals surface area contributed by atoms with Crippen molar-refractivity contribution in [1.29, 1.82) is 0 Å². The van der Waals surface area contributed by atoms with E-state index in [1.165, 1.54) is 0 Å². The van der Waals surface area contributed by atoms with Gasteiger partial charge in [0.2, 0.25) is 0 Å². The predicted octanol–water partition coefficient (Wildman–Crippen LogP) is 1.55. The zero-order valence-electron chi connectivity index (χ0n) is 6.64. The quantitative estimate of drug-likeness (QED) is 0.585. The first-order chi connectivity index (χ1) is 5.13. The number of halogens is 4. The van der Waals surface area contributed by atoms with Crippen LogP contribution in [-0.2, 0) is 10.1 Å². The zero-order valence-corrected chi connectivity index (χ0v) is 7.45. The minimum Gasteiger partial charge on any atom is -0.746 e. The van der Waals surface area contributed by atoms with Crippen molar-refractivity contribution < 1.29 is 30.5 Å². The molecule has 0 radical (unpaired) electrons. The molecule has 82 valence electrons. The normalized spacial score (nSPS) is 14.8. The molecule has 9 heteroatoms. The molecule has 0 aromatic carbocycles. The smallest absolute Gasteiger partial charge is 0.389 e. The molecule has 0 aromatic heterocycles. The molecular weight excluding hydrogens is 218 g/mol. The second kappa shape index (κ2) is 4.72. The number of alkyl halides is 4. The van der Waals surface area contributed by atoms with Gasteiger partial charge in [-0.05, 0) is 0 Å². The van der Waals surface area contributed by atoms with Gasteiger partial charge in [-0.3, -0.25) is 0 Å². The summed E-state index contributed by atoms with van der Waals surface area (Å²) in [7, 11) is -5.24. The Morgan fingerprint density at radius 2 is 1.69 bits per heavy atom. The molecule has 0 rings (SSSR count). The third-order valence-corrected chi connectivity index (χ3v) is 1.83. The second-order valence-corrected chi connectivity index (χ2v) is 3.55. The SMILES string of the molecule is O=S(=O)([O-])C(F)CCC(F)(F)F.[NH4+]. The number of quaternary nitrogens is 1. The molecule has 0 bridgehead atoms. The van der Waals surface area contributed by atoms with E-state index in [0.29, 0.717) is 0 Å². The summed E-state index contributed by atoms with van der Waals surface area (Å²) in [5, 5.41) is 0. The van der Waals surface area contributed by atoms with Crippen molar-refractivity contribution in [2.45, 2.75) is 24.5 Å². The van der Waals surface area contributed by atoms with Gasteiger partial charge < -0.3 is 10.7 Å². The third kappa shape index (κ3) is 7.94. The summed E-state index contributed by atoms with van der Waals surface area (Å²) < 4.78 is 75.3. The van der Waals surface area contributed by atoms with Crippen LogP contribution in [0.15, 0.2) is 0 Å². The summed E-state index contributed by atoms with van der Waals surface area (Å²) in [6, 6.07) is 0. The fourth-order valence-corrected chi connectivity index (χ4v) is 0.828. The van der Waals surface area contributed by atoms with Crippen LogP contribution in [0, 0.1) is 0 Å². The van der Waals surface area contributed by atoms with Crippen molar-refractivity contribution in [1.82, 2.24) is 6.15 Å². The summed E-state index contributed by atoms with van der Waals surface area (Å²) >= 11 is 0. The number of hydrogen-bond donors (Lipinski definition) is 1. The van der Waals surface area contributed by atoms with E-state index in [0.717, 1.165) is 0 Å². The maximum Gasteiger partial charge on any atom is 0.389 e. The minimum atomic E-state index is -5.24. The summed E-state index contributed by atoms with van der Waals surface area (Å²) in [5.74, 6) is 0. The monoisotopic (exact) mass is 227 g/mol. The minimum absolute atomic E-state index is 0. The Kier molecular flexibility index (Phi) is 5.48. The lowest BCUT2D eigenvalue weighted by Crippen LogP contribution is -2.19. The molecule has 0 amide bonds. The van der Waals surface area contributed by atoms with Gasteiger partial charge in [0.05, 0.1) is 0 Å². The third-order valence-electron chi connectivity index (χ3n) is 0.968. The molecule has 0 heterocycles. The molecule has 0 spiro atoms. The lowest BCUT2D eigenvalue weighted by molar-refractivity contribution is -0.136. The van der Waals surface area contributed by atoms with Gasteiger partial charge in [-0.1, -0.05) is 0 Å². The highest BCUT2D eigenvalue weighted by molar-refractivity contribution is 7.86. The van der Waals surface area contributed by atoms with Crippen LogP contribution in [0.4, 0.5) is 17.6 Å². The number of rotatable bonds is 3. The highest BCUT2D eigenvalue weighted by Gasteiger charge is 2.29. The molecule has 0 aromatic rings. The van der Waals surface area contributed by atoms with Crippen LogP contribution in [0.1, 0.15) is 12.8 Å². The van der Waals surface area contributed by atoms with Crippen LogP contribution in [0.3, 0.4) is 0 Å². The fraction of sp³-hybridized carbons (Fsp3) is 1.00. The van der Waals surface area contributed by atoms with Crippen LogP contribution >= 0.6 is 0 Å². The van der Waals surface area contributed by atoms with E-state index in [-0.39, 0.29) is 6.15 Å². The molecular formula is C4H9F4NO3S. The van der Waals surface area contributed by atoms with Gasteiger partial charge in [0.25, 0.3) is 0 Å². The van der Waals surface area contributed by atoms with Crippen LogP contribution in [0.25, 0.3) is 0 Å². The summed E-state index contributed by atoms with van der Waals surface area (Å²) in [6.07, 6.45) is -7.60. The maximum atomic E-state index is 12.0. The number of hydrogen-bond acceptors (Lipinski definition) is 3. The largest absolute Gasteiger partial charge is 0.746 e. The van der Waals surface area contributed by atoms with Crippen LogP contribution in [0.2, 0.25) is 0 Å². The van der Waals surface area contributed by atoms with Crippen molar-refractivity contribution in [2.75, 3.05) is 0 Å². The summed E-state index contributed by atoms with van der Waals surface area (Å²) in [4.78, 5) is 0. The maximum absolute atomic E-state index is 12.0. The van der Waals surface area contributed by atoms with Gasteiger partial charge in [0.1, 0.15) is 10.1 Å². The van der Waals surface area contributed by atoms with Gasteiger partial charge >= 0.3 is 6.18 Å². The van der Waals surface area contributed by atoms with Crippen LogP contribution in [0.5, 0.6) is 0 Å². The molecule has 4 nitrogen and oxygen atoms in total. The highest BCUT2D eigenvalue weighted by atomic mass is 32.2. The van der Waals surface area contributed by atoms with Gasteiger partial charge in [-0.2, -0.15) is 13.2 Å². The van der Waals surface area contributed by atoms with E-state index in [2.05, 4.69) is 0 Å². The summed E-state index contributed by atoms with van der Waals surface area (Å²) in [5.41, 5.74) is -2.97. The van der Waals surface area contributed by atoms with E-state index < -0.39 is 34.6 Å². The van der Waals surface area contributed by atoms with Gasteiger partial charge in [-0.25, -0.2) is 12.8 Å². The zero-order chi connectivity index (χ0) is 9.99. The van der Waals surface area contributed by atoms with Crippen molar-refractivity contribution in [3.63, 3.8) is 0 Å². The molecule has 0 fully saturated rings. The summed E-state index contributed by atoms with van der Waals surface area (Å²) in [6.45, 7) is 0. The molecule has 0 aliphatic carbocycles. The van der Waals surface area contributed by atoms with Crippen molar-refractivity contribution >= 4 is 10.1 Å². The first kappa shape index (κ1) is 15.1. The Bertz CT molecular complexity index is 236. The molecule has 1 unspecified atom stereocenters. The molecule has 13 heavy (non-hydrogen) atoms. The second-order valence-electron chi connectivity index (χ2n) is 2.06.